The Labute approximate surface area is 184 Å². The Hall–Kier alpha value is -1.77. The van der Waals surface area contributed by atoms with E-state index >= 15 is 0 Å². The molecule has 1 aromatic carbocycles. The third-order valence-electron chi connectivity index (χ3n) is 5.20. The molecule has 28 heavy (non-hydrogen) atoms. The molecule has 1 amide bonds. The smallest absolute Gasteiger partial charge is 0.221 e. The molecule has 4 N–H and O–H groups in total. The summed E-state index contributed by atoms with van der Waals surface area (Å²) in [7, 11) is 1.75. The molecule has 0 bridgehead atoms. The van der Waals surface area contributed by atoms with Crippen LogP contribution in [-0.4, -0.2) is 43.0 Å². The predicted molar refractivity (Wildman–Crippen MR) is 126 cm³/mol. The first-order valence-corrected chi connectivity index (χ1v) is 10.0. The number of guanidine groups is 1. The van der Waals surface area contributed by atoms with Crippen LogP contribution >= 0.6 is 24.0 Å². The number of nitrogens with zero attached hydrogens (tertiary/aromatic N) is 1. The average molecular weight is 497 g/mol. The summed E-state index contributed by atoms with van der Waals surface area (Å²) in [6.07, 6.45) is 9.46. The molecule has 1 aromatic heterocycles. The van der Waals surface area contributed by atoms with Crippen molar-refractivity contribution in [3.05, 3.63) is 36.0 Å². The summed E-state index contributed by atoms with van der Waals surface area (Å²) in [5.41, 5.74) is 2.46. The molecule has 0 radical (unpaired) electrons. The number of nitrogens with one attached hydrogen (secondary N) is 4. The van der Waals surface area contributed by atoms with Gasteiger partial charge in [-0.15, -0.1) is 24.0 Å². The Morgan fingerprint density at radius 3 is 2.68 bits per heavy atom. The molecular formula is C21H32IN5O. The maximum absolute atomic E-state index is 12.1. The maximum Gasteiger partial charge on any atom is 0.221 e. The lowest BCUT2D eigenvalue weighted by Crippen LogP contribution is -2.41. The zero-order valence-corrected chi connectivity index (χ0v) is 18.9. The van der Waals surface area contributed by atoms with E-state index in [1.54, 1.807) is 7.05 Å². The first kappa shape index (κ1) is 22.5. The molecule has 0 atom stereocenters. The SMILES string of the molecule is CN=C(NCCC(=O)NC1CCCCC1)NCCc1c[nH]c2ccccc12.I. The van der Waals surface area contributed by atoms with Crippen molar-refractivity contribution in [2.75, 3.05) is 20.1 Å². The molecule has 2 aromatic rings. The molecular weight excluding hydrogens is 465 g/mol. The number of aromatic nitrogens is 1. The number of aliphatic imine (C=N–C) groups is 1. The van der Waals surface area contributed by atoms with Gasteiger partial charge in [0, 0.05) is 49.7 Å². The lowest BCUT2D eigenvalue weighted by atomic mass is 9.95. The monoisotopic (exact) mass is 497 g/mol. The summed E-state index contributed by atoms with van der Waals surface area (Å²) in [4.78, 5) is 19.6. The summed E-state index contributed by atoms with van der Waals surface area (Å²) >= 11 is 0. The number of hydrogen-bond acceptors (Lipinski definition) is 2. The highest BCUT2D eigenvalue weighted by atomic mass is 127. The number of carbonyl (C=O) groups is 1. The third-order valence-corrected chi connectivity index (χ3v) is 5.20. The van der Waals surface area contributed by atoms with Crippen molar-refractivity contribution >= 4 is 46.7 Å². The largest absolute Gasteiger partial charge is 0.361 e. The van der Waals surface area contributed by atoms with Gasteiger partial charge < -0.3 is 20.9 Å². The van der Waals surface area contributed by atoms with Crippen molar-refractivity contribution in [3.8, 4) is 0 Å². The highest BCUT2D eigenvalue weighted by molar-refractivity contribution is 14.0. The molecule has 0 saturated heterocycles. The van der Waals surface area contributed by atoms with Crippen LogP contribution in [0.5, 0.6) is 0 Å². The number of hydrogen-bond donors (Lipinski definition) is 4. The average Bonchev–Trinajstić information content (AvgIpc) is 3.11. The topological polar surface area (TPSA) is 81.3 Å². The number of halogens is 1. The number of benzene rings is 1. The molecule has 6 nitrogen and oxygen atoms in total. The zero-order chi connectivity index (χ0) is 18.9. The van der Waals surface area contributed by atoms with Crippen LogP contribution < -0.4 is 16.0 Å². The fourth-order valence-electron chi connectivity index (χ4n) is 3.72. The molecule has 154 valence electrons. The normalized spacial score (nSPS) is 15.1. The standard InChI is InChI=1S/C21H31N5O.HI/c1-22-21(24-14-12-20(27)26-17-7-3-2-4-8-17)23-13-11-16-15-25-19-10-6-5-9-18(16)19;/h5-6,9-10,15,17,25H,2-4,7-8,11-14H2,1H3,(H,26,27)(H2,22,23,24);1H. The molecule has 1 heterocycles. The van der Waals surface area contributed by atoms with Crippen molar-refractivity contribution in [2.45, 2.75) is 51.0 Å². The van der Waals surface area contributed by atoms with E-state index in [4.69, 9.17) is 0 Å². The summed E-state index contributed by atoms with van der Waals surface area (Å²) in [5.74, 6) is 0.865. The van der Waals surface area contributed by atoms with Crippen molar-refractivity contribution in [1.82, 2.24) is 20.9 Å². The second kappa shape index (κ2) is 11.9. The van der Waals surface area contributed by atoms with E-state index in [2.05, 4.69) is 50.3 Å². The molecule has 7 heteroatoms. The maximum atomic E-state index is 12.1. The van der Waals surface area contributed by atoms with Gasteiger partial charge in [-0.3, -0.25) is 9.79 Å². The summed E-state index contributed by atoms with van der Waals surface area (Å²) in [6.45, 7) is 1.38. The number of carbonyl (C=O) groups excluding carboxylic acids is 1. The summed E-state index contributed by atoms with van der Waals surface area (Å²) < 4.78 is 0. The lowest BCUT2D eigenvalue weighted by molar-refractivity contribution is -0.121. The minimum atomic E-state index is 0. The highest BCUT2D eigenvalue weighted by Crippen LogP contribution is 2.18. The van der Waals surface area contributed by atoms with Crippen LogP contribution in [0.25, 0.3) is 10.9 Å². The van der Waals surface area contributed by atoms with Crippen LogP contribution in [0.1, 0.15) is 44.1 Å². The number of H-pyrrole nitrogens is 1. The second-order valence-electron chi connectivity index (χ2n) is 7.19. The third kappa shape index (κ3) is 6.68. The number of aromatic amines is 1. The fourth-order valence-corrected chi connectivity index (χ4v) is 3.72. The van der Waals surface area contributed by atoms with E-state index in [9.17, 15) is 4.79 Å². The van der Waals surface area contributed by atoms with E-state index in [0.717, 1.165) is 31.8 Å². The quantitative estimate of drug-likeness (QED) is 0.269. The number of rotatable bonds is 7. The van der Waals surface area contributed by atoms with Crippen LogP contribution in [0.4, 0.5) is 0 Å². The molecule has 0 spiro atoms. The van der Waals surface area contributed by atoms with Crippen molar-refractivity contribution in [3.63, 3.8) is 0 Å². The molecule has 1 aliphatic rings. The number of fused-ring (bicyclic) bond motifs is 1. The van der Waals surface area contributed by atoms with Gasteiger partial charge in [0.1, 0.15) is 0 Å². The van der Waals surface area contributed by atoms with E-state index in [-0.39, 0.29) is 29.9 Å². The first-order valence-electron chi connectivity index (χ1n) is 10.0. The molecule has 1 saturated carbocycles. The first-order chi connectivity index (χ1) is 13.3. The molecule has 1 fully saturated rings. The van der Waals surface area contributed by atoms with Gasteiger partial charge in [-0.05, 0) is 30.9 Å². The van der Waals surface area contributed by atoms with Gasteiger partial charge in [-0.25, -0.2) is 0 Å². The van der Waals surface area contributed by atoms with Gasteiger partial charge in [0.2, 0.25) is 5.91 Å². The van der Waals surface area contributed by atoms with Crippen LogP contribution in [0.3, 0.4) is 0 Å². The second-order valence-corrected chi connectivity index (χ2v) is 7.19. The number of amides is 1. The Morgan fingerprint density at radius 2 is 1.89 bits per heavy atom. The Balaban J connectivity index is 0.00000280. The summed E-state index contributed by atoms with van der Waals surface area (Å²) in [5, 5.41) is 11.0. The van der Waals surface area contributed by atoms with Crippen molar-refractivity contribution < 1.29 is 4.79 Å². The summed E-state index contributed by atoms with van der Waals surface area (Å²) in [6, 6.07) is 8.70. The van der Waals surface area contributed by atoms with Crippen LogP contribution in [-0.2, 0) is 11.2 Å². The van der Waals surface area contributed by atoms with Gasteiger partial charge in [-0.2, -0.15) is 0 Å². The van der Waals surface area contributed by atoms with Gasteiger partial charge in [0.05, 0.1) is 0 Å². The zero-order valence-electron chi connectivity index (χ0n) is 16.6. The molecule has 1 aliphatic carbocycles. The van der Waals surface area contributed by atoms with Crippen LogP contribution in [0.2, 0.25) is 0 Å². The fraction of sp³-hybridized carbons (Fsp3) is 0.524. The predicted octanol–water partition coefficient (Wildman–Crippen LogP) is 3.33. The lowest BCUT2D eigenvalue weighted by Gasteiger charge is -2.22. The van der Waals surface area contributed by atoms with Crippen molar-refractivity contribution in [1.29, 1.82) is 0 Å². The Bertz CT molecular complexity index is 767. The van der Waals surface area contributed by atoms with Gasteiger partial charge >= 0.3 is 0 Å². The minimum Gasteiger partial charge on any atom is -0.361 e. The van der Waals surface area contributed by atoms with E-state index in [0.29, 0.717) is 19.0 Å². The van der Waals surface area contributed by atoms with E-state index in [1.807, 2.05) is 6.07 Å². The van der Waals surface area contributed by atoms with Gasteiger partial charge in [0.25, 0.3) is 0 Å². The van der Waals surface area contributed by atoms with Crippen molar-refractivity contribution in [2.24, 2.45) is 4.99 Å². The molecule has 0 aliphatic heterocycles. The van der Waals surface area contributed by atoms with Crippen LogP contribution in [0, 0.1) is 0 Å². The Kier molecular flexibility index (Phi) is 9.60. The number of para-hydroxylation sites is 1. The highest BCUT2D eigenvalue weighted by Gasteiger charge is 2.15. The van der Waals surface area contributed by atoms with E-state index in [1.165, 1.54) is 35.7 Å². The van der Waals surface area contributed by atoms with Crippen LogP contribution in [0.15, 0.2) is 35.5 Å². The van der Waals surface area contributed by atoms with Gasteiger partial charge in [-0.1, -0.05) is 37.5 Å². The van der Waals surface area contributed by atoms with Gasteiger partial charge in [0.15, 0.2) is 5.96 Å². The van der Waals surface area contributed by atoms with E-state index < -0.39 is 0 Å². The molecule has 0 unspecified atom stereocenters. The molecule has 3 rings (SSSR count). The Morgan fingerprint density at radius 1 is 1.14 bits per heavy atom. The minimum absolute atomic E-state index is 0.